The lowest BCUT2D eigenvalue weighted by molar-refractivity contribution is -0.185. The summed E-state index contributed by atoms with van der Waals surface area (Å²) in [6.45, 7) is 3.49. The molecule has 0 saturated carbocycles. The molecule has 0 unspecified atom stereocenters. The van der Waals surface area contributed by atoms with E-state index in [0.29, 0.717) is 17.1 Å². The Bertz CT molecular complexity index is 657. The number of alkyl halides is 3. The first-order chi connectivity index (χ1) is 10.2. The minimum absolute atomic E-state index is 0.0826. The second-order valence-corrected chi connectivity index (χ2v) is 6.07. The second-order valence-electron chi connectivity index (χ2n) is 5.01. The number of aliphatic imine (C=N–C) groups is 1. The Morgan fingerprint density at radius 3 is 2.50 bits per heavy atom. The van der Waals surface area contributed by atoms with Gasteiger partial charge in [-0.05, 0) is 19.9 Å². The van der Waals surface area contributed by atoms with Crippen molar-refractivity contribution < 1.29 is 18.0 Å². The fourth-order valence-corrected chi connectivity index (χ4v) is 3.34. The van der Waals surface area contributed by atoms with Crippen LogP contribution in [0.15, 0.2) is 11.1 Å². The SMILES string of the molecule is Cc1cc(C)nc(N[C@]2(C(F)(F)F)N=C3SCCN3C2=O)n1. The standard InChI is InChI=1S/C12H12F3N5OS/c1-6-5-7(2)17-9(16-6)18-11(12(13,14)15)8(21)20-3-4-22-10(20)19-11/h5H,3-4H2,1-2H3,(H,16,17,18)/t11-/m0/s1. The minimum Gasteiger partial charge on any atom is -0.314 e. The second kappa shape index (κ2) is 4.83. The summed E-state index contributed by atoms with van der Waals surface area (Å²) in [5.41, 5.74) is -2.05. The molecule has 1 amide bonds. The number of rotatable bonds is 2. The van der Waals surface area contributed by atoms with Crippen LogP contribution in [0.3, 0.4) is 0 Å². The number of carbonyl (C=O) groups excluding carboxylic acids is 1. The molecule has 6 nitrogen and oxygen atoms in total. The van der Waals surface area contributed by atoms with Gasteiger partial charge in [0, 0.05) is 23.7 Å². The van der Waals surface area contributed by atoms with Crippen molar-refractivity contribution in [2.75, 3.05) is 17.6 Å². The van der Waals surface area contributed by atoms with E-state index in [-0.39, 0.29) is 17.7 Å². The Labute approximate surface area is 128 Å². The van der Waals surface area contributed by atoms with E-state index in [1.807, 2.05) is 0 Å². The number of nitrogens with one attached hydrogen (secondary N) is 1. The van der Waals surface area contributed by atoms with Crippen LogP contribution in [0.1, 0.15) is 11.4 Å². The largest absolute Gasteiger partial charge is 0.442 e. The molecule has 3 rings (SSSR count). The summed E-state index contributed by atoms with van der Waals surface area (Å²) in [6.07, 6.45) is -4.90. The molecule has 118 valence electrons. The van der Waals surface area contributed by atoms with Gasteiger partial charge in [0.05, 0.1) is 0 Å². The quantitative estimate of drug-likeness (QED) is 0.893. The lowest BCUT2D eigenvalue weighted by atomic mass is 10.1. The number of halogens is 3. The number of amidine groups is 1. The molecule has 2 aliphatic heterocycles. The van der Waals surface area contributed by atoms with E-state index >= 15 is 0 Å². The number of aryl methyl sites for hydroxylation is 2. The van der Waals surface area contributed by atoms with E-state index in [4.69, 9.17) is 0 Å². The fourth-order valence-electron chi connectivity index (χ4n) is 2.35. The molecule has 1 atom stereocenters. The highest BCUT2D eigenvalue weighted by molar-refractivity contribution is 8.14. The Balaban J connectivity index is 2.05. The molecule has 0 aromatic carbocycles. The highest BCUT2D eigenvalue weighted by atomic mass is 32.2. The normalized spacial score (nSPS) is 24.5. The van der Waals surface area contributed by atoms with E-state index < -0.39 is 17.7 Å². The van der Waals surface area contributed by atoms with Crippen LogP contribution in [-0.2, 0) is 4.79 Å². The van der Waals surface area contributed by atoms with Crippen molar-refractivity contribution in [2.45, 2.75) is 25.7 Å². The van der Waals surface area contributed by atoms with Gasteiger partial charge in [0.25, 0.3) is 5.91 Å². The summed E-state index contributed by atoms with van der Waals surface area (Å²) < 4.78 is 40.7. The highest BCUT2D eigenvalue weighted by Gasteiger charge is 2.67. The molecular weight excluding hydrogens is 319 g/mol. The van der Waals surface area contributed by atoms with Crippen molar-refractivity contribution in [1.29, 1.82) is 0 Å². The van der Waals surface area contributed by atoms with Crippen molar-refractivity contribution in [3.05, 3.63) is 17.5 Å². The predicted octanol–water partition coefficient (Wildman–Crippen LogP) is 1.71. The van der Waals surface area contributed by atoms with Gasteiger partial charge in [-0.1, -0.05) is 11.8 Å². The number of thioether (sulfide) groups is 1. The van der Waals surface area contributed by atoms with Gasteiger partial charge < -0.3 is 5.32 Å². The molecule has 0 radical (unpaired) electrons. The average molecular weight is 331 g/mol. The first-order valence-electron chi connectivity index (χ1n) is 6.45. The molecule has 0 aliphatic carbocycles. The number of hydrogen-bond acceptors (Lipinski definition) is 6. The molecule has 10 heteroatoms. The van der Waals surface area contributed by atoms with Gasteiger partial charge in [0.15, 0.2) is 5.17 Å². The Morgan fingerprint density at radius 2 is 1.95 bits per heavy atom. The average Bonchev–Trinajstić information content (AvgIpc) is 2.90. The lowest BCUT2D eigenvalue weighted by Gasteiger charge is -2.28. The van der Waals surface area contributed by atoms with Gasteiger partial charge in [0.2, 0.25) is 5.95 Å². The van der Waals surface area contributed by atoms with Gasteiger partial charge in [-0.25, -0.2) is 15.0 Å². The molecule has 22 heavy (non-hydrogen) atoms. The highest BCUT2D eigenvalue weighted by Crippen LogP contribution is 2.42. The molecule has 0 bridgehead atoms. The predicted molar refractivity (Wildman–Crippen MR) is 75.5 cm³/mol. The third kappa shape index (κ3) is 2.21. The molecule has 3 heterocycles. The van der Waals surface area contributed by atoms with Crippen molar-refractivity contribution in [1.82, 2.24) is 14.9 Å². The fraction of sp³-hybridized carbons (Fsp3) is 0.500. The van der Waals surface area contributed by atoms with E-state index in [0.717, 1.165) is 16.7 Å². The van der Waals surface area contributed by atoms with Gasteiger partial charge in [0.1, 0.15) is 0 Å². The number of aromatic nitrogens is 2. The van der Waals surface area contributed by atoms with Crippen LogP contribution in [0.5, 0.6) is 0 Å². The van der Waals surface area contributed by atoms with Crippen molar-refractivity contribution in [2.24, 2.45) is 4.99 Å². The van der Waals surface area contributed by atoms with E-state index in [9.17, 15) is 18.0 Å². The monoisotopic (exact) mass is 331 g/mol. The molecular formula is C12H12F3N5OS. The Hall–Kier alpha value is -1.84. The zero-order valence-electron chi connectivity index (χ0n) is 11.7. The molecule has 0 spiro atoms. The van der Waals surface area contributed by atoms with Gasteiger partial charge in [-0.3, -0.25) is 9.69 Å². The number of carbonyl (C=O) groups is 1. The van der Waals surface area contributed by atoms with E-state index in [2.05, 4.69) is 20.3 Å². The third-order valence-electron chi connectivity index (χ3n) is 3.28. The topological polar surface area (TPSA) is 70.5 Å². The maximum Gasteiger partial charge on any atom is 0.442 e. The maximum absolute atomic E-state index is 13.6. The van der Waals surface area contributed by atoms with Crippen LogP contribution in [0.2, 0.25) is 0 Å². The summed E-state index contributed by atoms with van der Waals surface area (Å²) in [5.74, 6) is -0.861. The number of fused-ring (bicyclic) bond motifs is 1. The van der Waals surface area contributed by atoms with E-state index in [1.165, 1.54) is 0 Å². The third-order valence-corrected chi connectivity index (χ3v) is 4.24. The van der Waals surface area contributed by atoms with Crippen LogP contribution in [0.4, 0.5) is 19.1 Å². The lowest BCUT2D eigenvalue weighted by Crippen LogP contribution is -2.58. The van der Waals surface area contributed by atoms with Crippen LogP contribution in [0, 0.1) is 13.8 Å². The smallest absolute Gasteiger partial charge is 0.314 e. The van der Waals surface area contributed by atoms with Crippen molar-refractivity contribution in [3.63, 3.8) is 0 Å². The zero-order valence-corrected chi connectivity index (χ0v) is 12.5. The van der Waals surface area contributed by atoms with Crippen LogP contribution in [-0.4, -0.2) is 50.1 Å². The summed E-state index contributed by atoms with van der Waals surface area (Å²) in [6, 6.07) is 1.63. The van der Waals surface area contributed by atoms with Gasteiger partial charge in [-0.2, -0.15) is 13.2 Å². The summed E-state index contributed by atoms with van der Waals surface area (Å²) in [7, 11) is 0. The van der Waals surface area contributed by atoms with Crippen molar-refractivity contribution in [3.8, 4) is 0 Å². The number of amides is 1. The Kier molecular flexibility index (Phi) is 3.31. The summed E-state index contributed by atoms with van der Waals surface area (Å²) in [5, 5.41) is 2.20. The zero-order chi connectivity index (χ0) is 16.1. The first-order valence-corrected chi connectivity index (χ1v) is 7.43. The minimum atomic E-state index is -4.90. The molecule has 1 aromatic rings. The number of anilines is 1. The molecule has 1 fully saturated rings. The van der Waals surface area contributed by atoms with Crippen LogP contribution in [0.25, 0.3) is 0 Å². The van der Waals surface area contributed by atoms with Gasteiger partial charge >= 0.3 is 11.8 Å². The number of hydrogen-bond donors (Lipinski definition) is 1. The van der Waals surface area contributed by atoms with Crippen LogP contribution >= 0.6 is 11.8 Å². The summed E-state index contributed by atoms with van der Waals surface area (Å²) in [4.78, 5) is 24.8. The maximum atomic E-state index is 13.6. The summed E-state index contributed by atoms with van der Waals surface area (Å²) >= 11 is 1.13. The van der Waals surface area contributed by atoms with E-state index in [1.54, 1.807) is 19.9 Å². The molecule has 1 saturated heterocycles. The first kappa shape index (κ1) is 15.1. The molecule has 1 aromatic heterocycles. The molecule has 1 N–H and O–H groups in total. The van der Waals surface area contributed by atoms with Gasteiger partial charge in [-0.15, -0.1) is 0 Å². The number of nitrogens with zero attached hydrogens (tertiary/aromatic N) is 4. The van der Waals surface area contributed by atoms with Crippen molar-refractivity contribution >= 4 is 28.8 Å². The molecule has 2 aliphatic rings. The Morgan fingerprint density at radius 1 is 1.32 bits per heavy atom. The van der Waals surface area contributed by atoms with Crippen LogP contribution < -0.4 is 5.32 Å².